The van der Waals surface area contributed by atoms with Crippen molar-refractivity contribution in [2.45, 2.75) is 0 Å². The smallest absolute Gasteiger partial charge is 0.381 e. The molecule has 0 fully saturated rings. The number of rotatable bonds is 2. The van der Waals surface area contributed by atoms with Gasteiger partial charge in [-0.05, 0) is 15.9 Å². The lowest BCUT2D eigenvalue weighted by molar-refractivity contribution is -0.135. The first-order valence-corrected chi connectivity index (χ1v) is 4.71. The Bertz CT molecular complexity index is 363. The van der Waals surface area contributed by atoms with Crippen molar-refractivity contribution < 1.29 is 14.3 Å². The number of ketones is 1. The number of carbonyl (C=O) groups excluding carboxylic acids is 2. The van der Waals surface area contributed by atoms with Gasteiger partial charge in [0.15, 0.2) is 5.13 Å². The summed E-state index contributed by atoms with van der Waals surface area (Å²) in [6.07, 6.45) is 0. The number of carbonyl (C=O) groups is 2. The van der Waals surface area contributed by atoms with Gasteiger partial charge in [0.2, 0.25) is 0 Å². The van der Waals surface area contributed by atoms with Crippen LogP contribution in [0.3, 0.4) is 0 Å². The van der Waals surface area contributed by atoms with Gasteiger partial charge in [-0.15, -0.1) is 0 Å². The third kappa shape index (κ3) is 2.04. The average molecular weight is 265 g/mol. The molecule has 13 heavy (non-hydrogen) atoms. The van der Waals surface area contributed by atoms with E-state index >= 15 is 0 Å². The second-order valence-electron chi connectivity index (χ2n) is 2.00. The number of hydrogen-bond donors (Lipinski definition) is 1. The Balaban J connectivity index is 3.01. The van der Waals surface area contributed by atoms with Crippen molar-refractivity contribution in [3.63, 3.8) is 0 Å². The second-order valence-corrected chi connectivity index (χ2v) is 4.34. The summed E-state index contributed by atoms with van der Waals surface area (Å²) in [5.41, 5.74) is 5.33. The zero-order chi connectivity index (χ0) is 10.0. The van der Waals surface area contributed by atoms with Crippen LogP contribution in [0, 0.1) is 0 Å². The van der Waals surface area contributed by atoms with Crippen LogP contribution >= 0.6 is 27.3 Å². The van der Waals surface area contributed by atoms with E-state index in [1.54, 1.807) is 0 Å². The van der Waals surface area contributed by atoms with Crippen LogP contribution < -0.4 is 5.73 Å². The number of aromatic nitrogens is 1. The SMILES string of the molecule is COC(=O)C(=O)c1nc(N)sc1Br. The quantitative estimate of drug-likeness (QED) is 0.487. The minimum atomic E-state index is -0.953. The van der Waals surface area contributed by atoms with E-state index in [4.69, 9.17) is 5.73 Å². The van der Waals surface area contributed by atoms with Crippen LogP contribution in [-0.4, -0.2) is 23.8 Å². The fourth-order valence-electron chi connectivity index (χ4n) is 0.647. The Hall–Kier alpha value is -0.950. The molecule has 0 unspecified atom stereocenters. The van der Waals surface area contributed by atoms with Crippen molar-refractivity contribution in [2.24, 2.45) is 0 Å². The number of nitrogen functional groups attached to an aromatic ring is 1. The molecule has 0 aliphatic rings. The molecule has 0 amide bonds. The summed E-state index contributed by atoms with van der Waals surface area (Å²) in [6.45, 7) is 0. The number of ether oxygens (including phenoxy) is 1. The van der Waals surface area contributed by atoms with Crippen molar-refractivity contribution in [2.75, 3.05) is 12.8 Å². The Labute approximate surface area is 86.0 Å². The van der Waals surface area contributed by atoms with Gasteiger partial charge >= 0.3 is 5.97 Å². The maximum atomic E-state index is 11.2. The van der Waals surface area contributed by atoms with Crippen molar-refractivity contribution in [1.29, 1.82) is 0 Å². The molecule has 1 rings (SSSR count). The molecule has 0 bridgehead atoms. The third-order valence-electron chi connectivity index (χ3n) is 1.19. The second kappa shape index (κ2) is 3.84. The summed E-state index contributed by atoms with van der Waals surface area (Å²) < 4.78 is 4.68. The number of thiazole rings is 1. The summed E-state index contributed by atoms with van der Waals surface area (Å²) in [7, 11) is 1.13. The maximum Gasteiger partial charge on any atom is 0.381 e. The van der Waals surface area contributed by atoms with E-state index < -0.39 is 11.8 Å². The topological polar surface area (TPSA) is 82.3 Å². The number of halogens is 1. The molecule has 7 heteroatoms. The Morgan fingerprint density at radius 1 is 1.62 bits per heavy atom. The maximum absolute atomic E-state index is 11.2. The van der Waals surface area contributed by atoms with E-state index in [9.17, 15) is 9.59 Å². The molecule has 1 heterocycles. The highest BCUT2D eigenvalue weighted by atomic mass is 79.9. The number of Topliss-reactive ketones (excluding diaryl/α,β-unsaturated/α-hetero) is 1. The van der Waals surface area contributed by atoms with E-state index in [2.05, 4.69) is 25.7 Å². The van der Waals surface area contributed by atoms with Crippen LogP contribution in [0.4, 0.5) is 5.13 Å². The molecule has 5 nitrogen and oxygen atoms in total. The minimum Gasteiger partial charge on any atom is -0.463 e. The van der Waals surface area contributed by atoms with Crippen molar-refractivity contribution in [3.05, 3.63) is 9.48 Å². The zero-order valence-corrected chi connectivity index (χ0v) is 8.94. The lowest BCUT2D eigenvalue weighted by Crippen LogP contribution is -2.16. The van der Waals surface area contributed by atoms with E-state index in [1.807, 2.05) is 0 Å². The zero-order valence-electron chi connectivity index (χ0n) is 6.54. The van der Waals surface area contributed by atoms with Crippen molar-refractivity contribution in [3.8, 4) is 0 Å². The number of nitrogens with zero attached hydrogens (tertiary/aromatic N) is 1. The van der Waals surface area contributed by atoms with Gasteiger partial charge in [-0.3, -0.25) is 4.79 Å². The minimum absolute atomic E-state index is 0.00523. The predicted molar refractivity (Wildman–Crippen MR) is 50.6 cm³/mol. The molecule has 1 aromatic heterocycles. The molecule has 0 atom stereocenters. The van der Waals surface area contributed by atoms with Gasteiger partial charge in [0.05, 0.1) is 7.11 Å². The van der Waals surface area contributed by atoms with Crippen LogP contribution in [0.2, 0.25) is 0 Å². The standard InChI is InChI=1S/C6H5BrN2O3S/c1-12-5(11)3(10)2-4(7)13-6(8)9-2/h1H3,(H2,8,9). The van der Waals surface area contributed by atoms with Gasteiger partial charge in [-0.1, -0.05) is 11.3 Å². The van der Waals surface area contributed by atoms with Crippen LogP contribution in [-0.2, 0) is 9.53 Å². The van der Waals surface area contributed by atoms with E-state index in [-0.39, 0.29) is 10.8 Å². The summed E-state index contributed by atoms with van der Waals surface area (Å²) in [5.74, 6) is -1.76. The Kier molecular flexibility index (Phi) is 2.99. The van der Waals surface area contributed by atoms with Gasteiger partial charge in [0.1, 0.15) is 9.48 Å². The fraction of sp³-hybridized carbons (Fsp3) is 0.167. The predicted octanol–water partition coefficient (Wildman–Crippen LogP) is 0.844. The molecular formula is C6H5BrN2O3S. The van der Waals surface area contributed by atoms with E-state index in [0.29, 0.717) is 3.79 Å². The molecule has 0 saturated heterocycles. The van der Waals surface area contributed by atoms with Crippen LogP contribution in [0.1, 0.15) is 10.5 Å². The molecule has 0 aromatic carbocycles. The molecular weight excluding hydrogens is 260 g/mol. The normalized spacial score (nSPS) is 9.69. The van der Waals surface area contributed by atoms with E-state index in [1.165, 1.54) is 0 Å². The van der Waals surface area contributed by atoms with Crippen LogP contribution in [0.15, 0.2) is 3.79 Å². The van der Waals surface area contributed by atoms with Gasteiger partial charge in [-0.2, -0.15) is 0 Å². The summed E-state index contributed by atoms with van der Waals surface area (Å²) in [5, 5.41) is 0.221. The molecule has 2 N–H and O–H groups in total. The Morgan fingerprint density at radius 3 is 2.62 bits per heavy atom. The monoisotopic (exact) mass is 264 g/mol. The lowest BCUT2D eigenvalue weighted by atomic mass is 10.3. The molecule has 0 radical (unpaired) electrons. The Morgan fingerprint density at radius 2 is 2.23 bits per heavy atom. The first-order chi connectivity index (χ1) is 6.06. The first kappa shape index (κ1) is 10.1. The number of nitrogens with two attached hydrogens (primary N) is 1. The highest BCUT2D eigenvalue weighted by Crippen LogP contribution is 2.26. The molecule has 0 aliphatic heterocycles. The molecule has 0 aliphatic carbocycles. The van der Waals surface area contributed by atoms with Crippen molar-refractivity contribution in [1.82, 2.24) is 4.98 Å². The average Bonchev–Trinajstić information content (AvgIpc) is 2.42. The summed E-state index contributed by atoms with van der Waals surface area (Å²) in [6, 6.07) is 0. The highest BCUT2D eigenvalue weighted by Gasteiger charge is 2.23. The first-order valence-electron chi connectivity index (χ1n) is 3.10. The van der Waals surface area contributed by atoms with E-state index in [0.717, 1.165) is 18.4 Å². The molecule has 1 aromatic rings. The summed E-state index contributed by atoms with van der Waals surface area (Å²) in [4.78, 5) is 25.7. The van der Waals surface area contributed by atoms with Crippen LogP contribution in [0.5, 0.6) is 0 Å². The highest BCUT2D eigenvalue weighted by molar-refractivity contribution is 9.11. The van der Waals surface area contributed by atoms with Gasteiger partial charge in [0, 0.05) is 0 Å². The van der Waals surface area contributed by atoms with Gasteiger partial charge in [-0.25, -0.2) is 9.78 Å². The number of methoxy groups -OCH3 is 1. The van der Waals surface area contributed by atoms with Crippen molar-refractivity contribution >= 4 is 44.2 Å². The number of esters is 1. The summed E-state index contributed by atoms with van der Waals surface area (Å²) >= 11 is 4.14. The third-order valence-corrected chi connectivity index (χ3v) is 2.72. The van der Waals surface area contributed by atoms with Gasteiger partial charge in [0.25, 0.3) is 5.78 Å². The largest absolute Gasteiger partial charge is 0.463 e. The number of hydrogen-bond acceptors (Lipinski definition) is 6. The lowest BCUT2D eigenvalue weighted by Gasteiger charge is -1.93. The molecule has 0 saturated carbocycles. The molecule has 0 spiro atoms. The fourth-order valence-corrected chi connectivity index (χ4v) is 1.97. The number of anilines is 1. The van der Waals surface area contributed by atoms with Crippen LogP contribution in [0.25, 0.3) is 0 Å². The molecule has 70 valence electrons. The van der Waals surface area contributed by atoms with Gasteiger partial charge < -0.3 is 10.5 Å².